The Morgan fingerprint density at radius 3 is 2.65 bits per heavy atom. The van der Waals surface area contributed by atoms with Crippen LogP contribution in [0.1, 0.15) is 5.56 Å². The first-order valence-electron chi connectivity index (χ1n) is 5.23. The Morgan fingerprint density at radius 2 is 1.94 bits per heavy atom. The molecule has 0 aliphatic heterocycles. The van der Waals surface area contributed by atoms with Crippen molar-refractivity contribution in [1.29, 1.82) is 0 Å². The second kappa shape index (κ2) is 5.25. The van der Waals surface area contributed by atoms with Crippen LogP contribution in [0.15, 0.2) is 36.7 Å². The van der Waals surface area contributed by atoms with Crippen molar-refractivity contribution in [1.82, 2.24) is 9.97 Å². The van der Waals surface area contributed by atoms with Crippen LogP contribution in [0.4, 0.5) is 10.2 Å². The standard InChI is InChI=1S/C12H12FN3O/c13-11-7-12(16-8-15-11)14-6-5-9-1-3-10(17)4-2-9/h1-4,7-8,17H,5-6H2,(H,14,15,16). The highest BCUT2D eigenvalue weighted by Gasteiger charge is 1.97. The lowest BCUT2D eigenvalue weighted by Crippen LogP contribution is -2.06. The molecule has 1 heterocycles. The first-order valence-corrected chi connectivity index (χ1v) is 5.23. The molecular weight excluding hydrogens is 221 g/mol. The summed E-state index contributed by atoms with van der Waals surface area (Å²) in [6, 6.07) is 8.21. The lowest BCUT2D eigenvalue weighted by molar-refractivity contribution is 0.475. The number of halogens is 1. The average molecular weight is 233 g/mol. The quantitative estimate of drug-likeness (QED) is 0.793. The zero-order valence-electron chi connectivity index (χ0n) is 9.10. The second-order valence-electron chi connectivity index (χ2n) is 3.57. The van der Waals surface area contributed by atoms with E-state index in [2.05, 4.69) is 15.3 Å². The lowest BCUT2D eigenvalue weighted by atomic mass is 10.1. The van der Waals surface area contributed by atoms with Crippen molar-refractivity contribution in [2.24, 2.45) is 0 Å². The fraction of sp³-hybridized carbons (Fsp3) is 0.167. The van der Waals surface area contributed by atoms with Gasteiger partial charge in [-0.1, -0.05) is 12.1 Å². The lowest BCUT2D eigenvalue weighted by Gasteiger charge is -2.05. The molecule has 0 amide bonds. The number of rotatable bonds is 4. The summed E-state index contributed by atoms with van der Waals surface area (Å²) in [7, 11) is 0. The number of benzene rings is 1. The summed E-state index contributed by atoms with van der Waals surface area (Å²) in [5.41, 5.74) is 1.09. The van der Waals surface area contributed by atoms with E-state index in [1.54, 1.807) is 12.1 Å². The molecule has 0 unspecified atom stereocenters. The third-order valence-electron chi connectivity index (χ3n) is 2.29. The largest absolute Gasteiger partial charge is 0.508 e. The van der Waals surface area contributed by atoms with E-state index in [1.807, 2.05) is 12.1 Å². The van der Waals surface area contributed by atoms with Crippen molar-refractivity contribution < 1.29 is 9.50 Å². The number of nitrogens with one attached hydrogen (secondary N) is 1. The van der Waals surface area contributed by atoms with Crippen molar-refractivity contribution in [3.63, 3.8) is 0 Å². The average Bonchev–Trinajstić information content (AvgIpc) is 2.32. The first-order chi connectivity index (χ1) is 8.24. The van der Waals surface area contributed by atoms with Gasteiger partial charge < -0.3 is 10.4 Å². The zero-order chi connectivity index (χ0) is 12.1. The Balaban J connectivity index is 1.85. The number of phenolic OH excluding ortho intramolecular Hbond substituents is 1. The van der Waals surface area contributed by atoms with Gasteiger partial charge in [-0.2, -0.15) is 4.39 Å². The van der Waals surface area contributed by atoms with Gasteiger partial charge in [0.15, 0.2) is 0 Å². The third kappa shape index (κ3) is 3.41. The molecule has 2 rings (SSSR count). The highest BCUT2D eigenvalue weighted by atomic mass is 19.1. The van der Waals surface area contributed by atoms with Crippen molar-refractivity contribution in [3.8, 4) is 5.75 Å². The van der Waals surface area contributed by atoms with Crippen LogP contribution >= 0.6 is 0 Å². The maximum atomic E-state index is 12.7. The molecule has 0 aliphatic carbocycles. The van der Waals surface area contributed by atoms with E-state index in [-0.39, 0.29) is 5.75 Å². The smallest absolute Gasteiger partial charge is 0.217 e. The predicted octanol–water partition coefficient (Wildman–Crippen LogP) is 1.98. The van der Waals surface area contributed by atoms with Crippen molar-refractivity contribution in [2.75, 3.05) is 11.9 Å². The van der Waals surface area contributed by atoms with E-state index in [0.29, 0.717) is 12.4 Å². The van der Waals surface area contributed by atoms with E-state index in [9.17, 15) is 4.39 Å². The Bertz CT molecular complexity index is 487. The molecule has 0 radical (unpaired) electrons. The van der Waals surface area contributed by atoms with Gasteiger partial charge in [-0.25, -0.2) is 9.97 Å². The number of nitrogens with zero attached hydrogens (tertiary/aromatic N) is 2. The van der Waals surface area contributed by atoms with E-state index in [0.717, 1.165) is 12.0 Å². The molecule has 0 saturated carbocycles. The molecule has 2 aromatic rings. The molecule has 0 bridgehead atoms. The minimum Gasteiger partial charge on any atom is -0.508 e. The number of aromatic nitrogens is 2. The molecule has 0 spiro atoms. The number of anilines is 1. The van der Waals surface area contributed by atoms with Gasteiger partial charge in [0.05, 0.1) is 0 Å². The normalized spacial score (nSPS) is 10.2. The summed E-state index contributed by atoms with van der Waals surface area (Å²) in [5.74, 6) is 0.169. The SMILES string of the molecule is Oc1ccc(CCNc2cc(F)ncn2)cc1. The number of aromatic hydroxyl groups is 1. The number of hydrogen-bond donors (Lipinski definition) is 2. The van der Waals surface area contributed by atoms with Gasteiger partial charge in [-0.05, 0) is 24.1 Å². The maximum absolute atomic E-state index is 12.7. The Morgan fingerprint density at radius 1 is 1.18 bits per heavy atom. The van der Waals surface area contributed by atoms with Crippen LogP contribution in [0.25, 0.3) is 0 Å². The minimum atomic E-state index is -0.549. The molecule has 4 nitrogen and oxygen atoms in total. The van der Waals surface area contributed by atoms with Crippen molar-refractivity contribution in [3.05, 3.63) is 48.2 Å². The topological polar surface area (TPSA) is 58.0 Å². The molecule has 0 fully saturated rings. The van der Waals surface area contributed by atoms with Crippen LogP contribution in [0.3, 0.4) is 0 Å². The van der Waals surface area contributed by atoms with Crippen LogP contribution in [-0.4, -0.2) is 21.6 Å². The van der Waals surface area contributed by atoms with Crippen LogP contribution < -0.4 is 5.32 Å². The summed E-state index contributed by atoms with van der Waals surface area (Å²) in [4.78, 5) is 7.25. The van der Waals surface area contributed by atoms with Crippen molar-refractivity contribution in [2.45, 2.75) is 6.42 Å². The number of hydrogen-bond acceptors (Lipinski definition) is 4. The predicted molar refractivity (Wildman–Crippen MR) is 62.3 cm³/mol. The summed E-state index contributed by atoms with van der Waals surface area (Å²) in [6.07, 6.45) is 1.95. The minimum absolute atomic E-state index is 0.250. The van der Waals surface area contributed by atoms with Gasteiger partial charge in [-0.3, -0.25) is 0 Å². The Labute approximate surface area is 98.2 Å². The molecule has 17 heavy (non-hydrogen) atoms. The van der Waals surface area contributed by atoms with E-state index in [1.165, 1.54) is 12.4 Å². The number of phenols is 1. The molecule has 1 aromatic heterocycles. The third-order valence-corrected chi connectivity index (χ3v) is 2.29. The highest BCUT2D eigenvalue weighted by Crippen LogP contribution is 2.10. The van der Waals surface area contributed by atoms with E-state index >= 15 is 0 Å². The van der Waals surface area contributed by atoms with Gasteiger partial charge in [-0.15, -0.1) is 0 Å². The summed E-state index contributed by atoms with van der Waals surface area (Å²) in [6.45, 7) is 0.640. The maximum Gasteiger partial charge on any atom is 0.217 e. The molecule has 2 N–H and O–H groups in total. The van der Waals surface area contributed by atoms with Crippen molar-refractivity contribution >= 4 is 5.82 Å². The Kier molecular flexibility index (Phi) is 3.49. The highest BCUT2D eigenvalue weighted by molar-refractivity contribution is 5.33. The van der Waals surface area contributed by atoms with Crippen LogP contribution in [0.2, 0.25) is 0 Å². The molecule has 5 heteroatoms. The molecule has 0 saturated heterocycles. The second-order valence-corrected chi connectivity index (χ2v) is 3.57. The van der Waals surface area contributed by atoms with Gasteiger partial charge in [0.1, 0.15) is 17.9 Å². The summed E-state index contributed by atoms with van der Waals surface area (Å²) < 4.78 is 12.7. The van der Waals surface area contributed by atoms with E-state index in [4.69, 9.17) is 5.11 Å². The van der Waals surface area contributed by atoms with Gasteiger partial charge in [0.25, 0.3) is 0 Å². The van der Waals surface area contributed by atoms with Gasteiger partial charge in [0.2, 0.25) is 5.95 Å². The molecule has 1 aromatic carbocycles. The van der Waals surface area contributed by atoms with E-state index < -0.39 is 5.95 Å². The van der Waals surface area contributed by atoms with Crippen LogP contribution in [0, 0.1) is 5.95 Å². The Hall–Kier alpha value is -2.17. The van der Waals surface area contributed by atoms with Crippen LogP contribution in [-0.2, 0) is 6.42 Å². The fourth-order valence-electron chi connectivity index (χ4n) is 1.43. The zero-order valence-corrected chi connectivity index (χ0v) is 9.10. The summed E-state index contributed by atoms with van der Waals surface area (Å²) >= 11 is 0. The first kappa shape index (κ1) is 11.3. The molecular formula is C12H12FN3O. The van der Waals surface area contributed by atoms with Crippen LogP contribution in [0.5, 0.6) is 5.75 Å². The molecule has 0 atom stereocenters. The van der Waals surface area contributed by atoms with Gasteiger partial charge in [0, 0.05) is 12.6 Å². The molecule has 0 aliphatic rings. The molecule has 88 valence electrons. The fourth-order valence-corrected chi connectivity index (χ4v) is 1.43. The summed E-state index contributed by atoms with van der Waals surface area (Å²) in [5, 5.41) is 12.1. The van der Waals surface area contributed by atoms with Gasteiger partial charge >= 0.3 is 0 Å². The monoisotopic (exact) mass is 233 g/mol.